The Bertz CT molecular complexity index is 1110. The molecule has 0 radical (unpaired) electrons. The summed E-state index contributed by atoms with van der Waals surface area (Å²) in [7, 11) is 0. The van der Waals surface area contributed by atoms with Gasteiger partial charge in [0, 0.05) is 11.4 Å². The van der Waals surface area contributed by atoms with Gasteiger partial charge in [-0.15, -0.1) is 0 Å². The summed E-state index contributed by atoms with van der Waals surface area (Å²) in [5.41, 5.74) is 2.00. The number of nitrogens with one attached hydrogen (secondary N) is 1. The van der Waals surface area contributed by atoms with Crippen molar-refractivity contribution in [2.24, 2.45) is 4.99 Å². The number of aliphatic imine (C=N–C) groups is 1. The smallest absolute Gasteiger partial charge is 0.345 e. The van der Waals surface area contributed by atoms with Crippen LogP contribution in [0, 0.1) is 6.92 Å². The first-order valence-corrected chi connectivity index (χ1v) is 10.1. The van der Waals surface area contributed by atoms with Gasteiger partial charge in [-0.05, 0) is 50.2 Å². The fourth-order valence-electron chi connectivity index (χ4n) is 2.78. The van der Waals surface area contributed by atoms with E-state index >= 15 is 0 Å². The van der Waals surface area contributed by atoms with E-state index in [1.807, 2.05) is 48.5 Å². The van der Waals surface area contributed by atoms with Gasteiger partial charge in [0.15, 0.2) is 0 Å². The number of carbonyl (C=O) groups excluding carboxylic acids is 1. The Morgan fingerprint density at radius 1 is 1.06 bits per heavy atom. The summed E-state index contributed by atoms with van der Waals surface area (Å²) in [6.45, 7) is 3.59. The molecule has 0 amide bonds. The minimum absolute atomic E-state index is 0.0677. The number of ether oxygens (including phenoxy) is 1. The van der Waals surface area contributed by atoms with Crippen molar-refractivity contribution >= 4 is 40.5 Å². The van der Waals surface area contributed by atoms with Crippen molar-refractivity contribution in [1.29, 1.82) is 0 Å². The highest BCUT2D eigenvalue weighted by Crippen LogP contribution is 2.26. The van der Waals surface area contributed by atoms with Crippen LogP contribution in [0.1, 0.15) is 18.2 Å². The number of halogens is 1. The van der Waals surface area contributed by atoms with Crippen LogP contribution in [0.2, 0.25) is 5.15 Å². The molecule has 0 unspecified atom stereocenters. The molecule has 6 nitrogen and oxygen atoms in total. The second-order valence-corrected chi connectivity index (χ2v) is 6.88. The summed E-state index contributed by atoms with van der Waals surface area (Å²) in [6, 6.07) is 21.6. The highest BCUT2D eigenvalue weighted by molar-refractivity contribution is 6.33. The maximum Gasteiger partial charge on any atom is 0.345 e. The largest absolute Gasteiger partial charge is 0.506 e. The molecule has 2 aromatic carbocycles. The SMILES string of the molecule is CCOC(=O)C(C(=Nc1ccccc1)Nc1ccccc1)=C(O)c1ccc(C)nc1Cl. The lowest BCUT2D eigenvalue weighted by molar-refractivity contribution is -0.137. The predicted molar refractivity (Wildman–Crippen MR) is 124 cm³/mol. The molecule has 0 saturated heterocycles. The predicted octanol–water partition coefficient (Wildman–Crippen LogP) is 5.72. The van der Waals surface area contributed by atoms with E-state index in [0.29, 0.717) is 17.1 Å². The zero-order valence-electron chi connectivity index (χ0n) is 17.2. The monoisotopic (exact) mass is 435 g/mol. The van der Waals surface area contributed by atoms with Gasteiger partial charge in [0.05, 0.1) is 17.9 Å². The Morgan fingerprint density at radius 3 is 2.32 bits per heavy atom. The Balaban J connectivity index is 2.21. The number of carbonyl (C=O) groups is 1. The number of benzene rings is 2. The van der Waals surface area contributed by atoms with Crippen LogP contribution in [-0.2, 0) is 9.53 Å². The third-order valence-electron chi connectivity index (χ3n) is 4.23. The number of para-hydroxylation sites is 2. The number of amidine groups is 1. The Morgan fingerprint density at radius 2 is 1.71 bits per heavy atom. The van der Waals surface area contributed by atoms with Crippen molar-refractivity contribution in [3.63, 3.8) is 0 Å². The summed E-state index contributed by atoms with van der Waals surface area (Å²) in [6.07, 6.45) is 0. The van der Waals surface area contributed by atoms with E-state index in [2.05, 4.69) is 15.3 Å². The fraction of sp³-hybridized carbons (Fsp3) is 0.125. The normalized spacial score (nSPS) is 12.2. The quantitative estimate of drug-likeness (QED) is 0.129. The highest BCUT2D eigenvalue weighted by Gasteiger charge is 2.26. The van der Waals surface area contributed by atoms with E-state index in [1.54, 1.807) is 38.1 Å². The van der Waals surface area contributed by atoms with Crippen LogP contribution in [0.4, 0.5) is 11.4 Å². The van der Waals surface area contributed by atoms with E-state index in [1.165, 1.54) is 0 Å². The molecule has 0 saturated carbocycles. The first-order valence-electron chi connectivity index (χ1n) is 9.69. The summed E-state index contributed by atoms with van der Waals surface area (Å²) in [5.74, 6) is -1.01. The van der Waals surface area contributed by atoms with Crippen LogP contribution >= 0.6 is 11.6 Å². The van der Waals surface area contributed by atoms with Gasteiger partial charge >= 0.3 is 5.97 Å². The minimum atomic E-state index is -0.741. The van der Waals surface area contributed by atoms with E-state index < -0.39 is 5.97 Å². The Kier molecular flexibility index (Phi) is 7.40. The van der Waals surface area contributed by atoms with Crippen LogP contribution in [0.3, 0.4) is 0 Å². The molecular weight excluding hydrogens is 414 g/mol. The third kappa shape index (κ3) is 5.71. The summed E-state index contributed by atoms with van der Waals surface area (Å²) < 4.78 is 5.23. The number of aryl methyl sites for hydroxylation is 1. The fourth-order valence-corrected chi connectivity index (χ4v) is 3.07. The lowest BCUT2D eigenvalue weighted by atomic mass is 10.1. The molecule has 1 heterocycles. The molecule has 1 aromatic heterocycles. The van der Waals surface area contributed by atoms with E-state index in [9.17, 15) is 9.90 Å². The van der Waals surface area contributed by atoms with Gasteiger partial charge in [0.1, 0.15) is 22.3 Å². The molecular formula is C24H22ClN3O3. The topological polar surface area (TPSA) is 83.8 Å². The molecule has 31 heavy (non-hydrogen) atoms. The zero-order chi connectivity index (χ0) is 22.2. The number of esters is 1. The van der Waals surface area contributed by atoms with E-state index in [0.717, 1.165) is 0 Å². The highest BCUT2D eigenvalue weighted by atomic mass is 35.5. The second-order valence-electron chi connectivity index (χ2n) is 6.52. The van der Waals surface area contributed by atoms with Crippen molar-refractivity contribution in [2.75, 3.05) is 11.9 Å². The van der Waals surface area contributed by atoms with Crippen LogP contribution in [0.25, 0.3) is 5.76 Å². The van der Waals surface area contributed by atoms with Crippen molar-refractivity contribution in [3.05, 3.63) is 94.8 Å². The number of rotatable bonds is 6. The molecule has 0 fully saturated rings. The first kappa shape index (κ1) is 22.1. The standard InChI is InChI=1S/C24H22ClN3O3/c1-3-31-24(30)20(21(29)19-15-14-16(2)26-22(19)25)23(27-17-10-6-4-7-11-17)28-18-12-8-5-9-13-18/h4-15,29H,3H2,1-2H3,(H,27,28). The van der Waals surface area contributed by atoms with Crippen LogP contribution in [0.5, 0.6) is 0 Å². The molecule has 7 heteroatoms. The Hall–Kier alpha value is -3.64. The lowest BCUT2D eigenvalue weighted by Crippen LogP contribution is -2.24. The van der Waals surface area contributed by atoms with Gasteiger partial charge in [-0.25, -0.2) is 14.8 Å². The van der Waals surface area contributed by atoms with Crippen LogP contribution in [0.15, 0.2) is 83.4 Å². The maximum absolute atomic E-state index is 12.9. The number of hydrogen-bond donors (Lipinski definition) is 2. The van der Waals surface area contributed by atoms with Crippen molar-refractivity contribution in [1.82, 2.24) is 4.98 Å². The van der Waals surface area contributed by atoms with Crippen LogP contribution < -0.4 is 5.32 Å². The molecule has 0 aliphatic carbocycles. The minimum Gasteiger partial charge on any atom is -0.506 e. The molecule has 3 rings (SSSR count). The van der Waals surface area contributed by atoms with Crippen LogP contribution in [-0.4, -0.2) is 28.5 Å². The average molecular weight is 436 g/mol. The maximum atomic E-state index is 12.9. The molecule has 0 aliphatic rings. The van der Waals surface area contributed by atoms with E-state index in [4.69, 9.17) is 16.3 Å². The number of aliphatic hydroxyl groups excluding tert-OH is 1. The molecule has 0 atom stereocenters. The number of aromatic nitrogens is 1. The van der Waals surface area contributed by atoms with Crippen molar-refractivity contribution in [3.8, 4) is 0 Å². The number of pyridine rings is 1. The first-order chi connectivity index (χ1) is 15.0. The van der Waals surface area contributed by atoms with E-state index in [-0.39, 0.29) is 34.5 Å². The summed E-state index contributed by atoms with van der Waals surface area (Å²) >= 11 is 6.26. The number of hydrogen-bond acceptors (Lipinski definition) is 5. The molecule has 0 bridgehead atoms. The molecule has 0 spiro atoms. The summed E-state index contributed by atoms with van der Waals surface area (Å²) in [4.78, 5) is 21.7. The number of aliphatic hydroxyl groups is 1. The second kappa shape index (κ2) is 10.4. The third-order valence-corrected chi connectivity index (χ3v) is 4.52. The molecule has 158 valence electrons. The number of anilines is 1. The molecule has 0 aliphatic heterocycles. The van der Waals surface area contributed by atoms with Gasteiger partial charge in [0.2, 0.25) is 0 Å². The van der Waals surface area contributed by atoms with Gasteiger partial charge < -0.3 is 15.2 Å². The van der Waals surface area contributed by atoms with Crippen molar-refractivity contribution < 1.29 is 14.6 Å². The summed E-state index contributed by atoms with van der Waals surface area (Å²) in [5, 5.41) is 14.3. The zero-order valence-corrected chi connectivity index (χ0v) is 17.9. The average Bonchev–Trinajstić information content (AvgIpc) is 2.75. The van der Waals surface area contributed by atoms with Crippen molar-refractivity contribution in [2.45, 2.75) is 13.8 Å². The number of nitrogens with zero attached hydrogens (tertiary/aromatic N) is 2. The lowest BCUT2D eigenvalue weighted by Gasteiger charge is -2.16. The Labute approximate surface area is 185 Å². The van der Waals surface area contributed by atoms with Gasteiger partial charge in [-0.3, -0.25) is 0 Å². The molecule has 3 aromatic rings. The van der Waals surface area contributed by atoms with Gasteiger partial charge in [-0.1, -0.05) is 48.0 Å². The van der Waals surface area contributed by atoms with Gasteiger partial charge in [-0.2, -0.15) is 0 Å². The molecule has 2 N–H and O–H groups in total. The van der Waals surface area contributed by atoms with Gasteiger partial charge in [0.25, 0.3) is 0 Å².